The normalized spacial score (nSPS) is 19.6. The minimum Gasteiger partial charge on any atom is -0.507 e. The highest BCUT2D eigenvalue weighted by Gasteiger charge is 2.77. The second kappa shape index (κ2) is 22.3. The molecule has 8 heteroatoms. The quantitative estimate of drug-likeness (QED) is 0.0310. The fourth-order valence-electron chi connectivity index (χ4n) is 7.58. The molecule has 0 heterocycles. The summed E-state index contributed by atoms with van der Waals surface area (Å²) in [6.45, 7) is 12.2. The van der Waals surface area contributed by atoms with Crippen LogP contribution in [0.2, 0.25) is 0 Å². The SMILES string of the molecule is CCCCCCCN(CCCCCCC)C1=CC(=[OH+])C(=C2C(=[OH+])C(O)(c3ccc(N(CCCCCCC)CCCCCCC)cc3O)C2(O)O)C=C1. The number of rotatable bonds is 27. The fourth-order valence-corrected chi connectivity index (χ4v) is 7.58. The van der Waals surface area contributed by atoms with E-state index in [9.17, 15) is 30.0 Å². The molecule has 2 aliphatic carbocycles. The number of aliphatic hydroxyl groups is 3. The predicted octanol–water partition coefficient (Wildman–Crippen LogP) is 9.10. The van der Waals surface area contributed by atoms with E-state index in [-0.39, 0.29) is 28.2 Å². The van der Waals surface area contributed by atoms with Crippen LogP contribution in [0.5, 0.6) is 5.75 Å². The smallest absolute Gasteiger partial charge is 0.368 e. The maximum Gasteiger partial charge on any atom is 0.368 e. The van der Waals surface area contributed by atoms with Crippen molar-refractivity contribution in [2.45, 2.75) is 167 Å². The van der Waals surface area contributed by atoms with Gasteiger partial charge in [0.05, 0.1) is 11.6 Å². The van der Waals surface area contributed by atoms with E-state index >= 15 is 0 Å². The summed E-state index contributed by atoms with van der Waals surface area (Å²) in [7, 11) is 0. The Morgan fingerprint density at radius 3 is 1.42 bits per heavy atom. The van der Waals surface area contributed by atoms with Crippen molar-refractivity contribution in [2.24, 2.45) is 0 Å². The van der Waals surface area contributed by atoms with Gasteiger partial charge in [0.2, 0.25) is 5.79 Å². The standard InChI is InChI=1S/C44H70N2O6/c1-5-9-13-17-21-29-45(30-22-18-14-10-6-2)35-25-27-37(39(47)33-35)41-42(49)43(50,44(41,51)52)38-28-26-36(34-40(38)48)46(31-23-19-15-11-7-3)32-24-20-16-12-8-4/h25-28,33-34,48,50-52H,5-24,29-32H2,1-4H3/p+2. The molecule has 1 fully saturated rings. The second-order valence-electron chi connectivity index (χ2n) is 15.1. The Hall–Kier alpha value is -2.94. The zero-order valence-corrected chi connectivity index (χ0v) is 33.0. The van der Waals surface area contributed by atoms with E-state index in [1.807, 2.05) is 6.08 Å². The largest absolute Gasteiger partial charge is 0.507 e. The predicted molar refractivity (Wildman–Crippen MR) is 216 cm³/mol. The van der Waals surface area contributed by atoms with Gasteiger partial charge in [0.25, 0.3) is 5.60 Å². The average molecular weight is 725 g/mol. The van der Waals surface area contributed by atoms with Crippen molar-refractivity contribution < 1.29 is 30.0 Å². The molecule has 3 rings (SSSR count). The Balaban J connectivity index is 1.79. The maximum absolute atomic E-state index is 11.6. The topological polar surface area (TPSA) is 130 Å². The molecule has 0 aromatic heterocycles. The van der Waals surface area contributed by atoms with Crippen LogP contribution in [0.1, 0.15) is 162 Å². The summed E-state index contributed by atoms with van der Waals surface area (Å²) in [5, 5.41) is 45.6. The number of allylic oxidation sites excluding steroid dienone is 4. The third-order valence-electron chi connectivity index (χ3n) is 10.9. The molecule has 6 N–H and O–H groups in total. The van der Waals surface area contributed by atoms with Gasteiger partial charge in [-0.2, -0.15) is 0 Å². The molecular formula is C44H72N2O6+2. The minimum absolute atomic E-state index is 0.0233. The molecule has 52 heavy (non-hydrogen) atoms. The molecule has 1 saturated carbocycles. The van der Waals surface area contributed by atoms with Gasteiger partial charge in [-0.1, -0.05) is 130 Å². The van der Waals surface area contributed by atoms with Gasteiger partial charge in [-0.15, -0.1) is 0 Å². The number of ketones is 2. The first-order valence-electron chi connectivity index (χ1n) is 20.9. The first kappa shape index (κ1) is 43.5. The van der Waals surface area contributed by atoms with Gasteiger partial charge in [0.15, 0.2) is 0 Å². The molecule has 8 nitrogen and oxygen atoms in total. The lowest BCUT2D eigenvalue weighted by atomic mass is 9.62. The lowest BCUT2D eigenvalue weighted by molar-refractivity contribution is -0.248. The first-order valence-corrected chi connectivity index (χ1v) is 20.9. The zero-order chi connectivity index (χ0) is 38.0. The number of carbonyl (C=O) groups excluding carboxylic acids is 2. The summed E-state index contributed by atoms with van der Waals surface area (Å²) >= 11 is 0. The van der Waals surface area contributed by atoms with Gasteiger partial charge in [-0.05, 0) is 50.0 Å². The third-order valence-corrected chi connectivity index (χ3v) is 10.9. The van der Waals surface area contributed by atoms with Gasteiger partial charge in [-0.3, -0.25) is 9.59 Å². The van der Waals surface area contributed by atoms with Gasteiger partial charge in [-0.25, -0.2) is 0 Å². The highest BCUT2D eigenvalue weighted by molar-refractivity contribution is 6.22. The van der Waals surface area contributed by atoms with Crippen molar-refractivity contribution in [1.29, 1.82) is 0 Å². The van der Waals surface area contributed by atoms with Crippen molar-refractivity contribution in [3.8, 4) is 5.75 Å². The molecule has 1 aromatic rings. The highest BCUT2D eigenvalue weighted by atomic mass is 16.5. The number of anilines is 1. The molecule has 1 unspecified atom stereocenters. The van der Waals surface area contributed by atoms with Gasteiger partial charge < -0.3 is 30.2 Å². The number of phenols is 1. The molecule has 0 bridgehead atoms. The van der Waals surface area contributed by atoms with Crippen LogP contribution in [0.15, 0.2) is 53.3 Å². The molecule has 0 saturated heterocycles. The molecule has 1 atom stereocenters. The summed E-state index contributed by atoms with van der Waals surface area (Å²) in [5.41, 5.74) is -1.62. The number of aromatic hydroxyl groups is 1. The van der Waals surface area contributed by atoms with Gasteiger partial charge in [0.1, 0.15) is 11.3 Å². The van der Waals surface area contributed by atoms with E-state index in [0.29, 0.717) is 0 Å². The van der Waals surface area contributed by atoms with E-state index in [4.69, 9.17) is 0 Å². The molecule has 0 amide bonds. The summed E-state index contributed by atoms with van der Waals surface area (Å²) < 4.78 is 0. The summed E-state index contributed by atoms with van der Waals surface area (Å²) in [6, 6.07) is 4.76. The van der Waals surface area contributed by atoms with E-state index in [2.05, 4.69) is 37.5 Å². The van der Waals surface area contributed by atoms with Crippen LogP contribution >= 0.6 is 0 Å². The van der Waals surface area contributed by atoms with Crippen molar-refractivity contribution in [1.82, 2.24) is 4.90 Å². The lowest BCUT2D eigenvalue weighted by Crippen LogP contribution is -2.70. The van der Waals surface area contributed by atoms with E-state index in [1.165, 1.54) is 89.2 Å². The van der Waals surface area contributed by atoms with Crippen molar-refractivity contribution in [2.75, 3.05) is 31.1 Å². The zero-order valence-electron chi connectivity index (χ0n) is 33.0. The molecule has 0 aliphatic heterocycles. The van der Waals surface area contributed by atoms with Crippen LogP contribution in [0.4, 0.5) is 5.69 Å². The molecule has 1 aromatic carbocycles. The van der Waals surface area contributed by atoms with E-state index in [1.54, 1.807) is 18.2 Å². The molecule has 2 aliphatic rings. The summed E-state index contributed by atoms with van der Waals surface area (Å²) in [5.74, 6) is -4.24. The van der Waals surface area contributed by atoms with Crippen LogP contribution < -0.4 is 4.90 Å². The number of phenolic OH excluding ortho intramolecular Hbond substituents is 1. The number of hydrogen-bond donors (Lipinski definition) is 4. The number of benzene rings is 1. The number of nitrogens with zero attached hydrogens (tertiary/aromatic N) is 2. The Kier molecular flexibility index (Phi) is 18.7. The third kappa shape index (κ3) is 11.3. The van der Waals surface area contributed by atoms with Crippen molar-refractivity contribution in [3.05, 3.63) is 58.8 Å². The van der Waals surface area contributed by atoms with Gasteiger partial charge >= 0.3 is 11.6 Å². The highest BCUT2D eigenvalue weighted by Crippen LogP contribution is 2.53. The van der Waals surface area contributed by atoms with E-state index in [0.717, 1.165) is 88.9 Å². The maximum atomic E-state index is 11.6. The van der Waals surface area contributed by atoms with Crippen LogP contribution in [0.3, 0.4) is 0 Å². The van der Waals surface area contributed by atoms with Crippen molar-refractivity contribution >= 4 is 17.3 Å². The fraction of sp³-hybridized carbons (Fsp3) is 0.682. The summed E-state index contributed by atoms with van der Waals surface area (Å²) in [4.78, 5) is 27.0. The van der Waals surface area contributed by atoms with Gasteiger partial charge in [0, 0.05) is 49.2 Å². The molecular weight excluding hydrogens is 652 g/mol. The van der Waals surface area contributed by atoms with Crippen LogP contribution in [0, 0.1) is 0 Å². The summed E-state index contributed by atoms with van der Waals surface area (Å²) in [6.07, 6.45) is 28.1. The lowest BCUT2D eigenvalue weighted by Gasteiger charge is -2.45. The van der Waals surface area contributed by atoms with Crippen molar-refractivity contribution in [3.63, 3.8) is 0 Å². The molecule has 0 radical (unpaired) electrons. The Labute approximate surface area is 314 Å². The number of unbranched alkanes of at least 4 members (excludes halogenated alkanes) is 16. The monoisotopic (exact) mass is 725 g/mol. The first-order chi connectivity index (χ1) is 25.1. The van der Waals surface area contributed by atoms with E-state index < -0.39 is 17.2 Å². The minimum atomic E-state index is -2.97. The second-order valence-corrected chi connectivity index (χ2v) is 15.1. The Bertz CT molecular complexity index is 1340. The Morgan fingerprint density at radius 2 is 1.02 bits per heavy atom. The Morgan fingerprint density at radius 1 is 0.577 bits per heavy atom. The molecule has 0 spiro atoms. The van der Waals surface area contributed by atoms with Crippen LogP contribution in [-0.2, 0) is 5.60 Å². The number of hydrogen-bond acceptors (Lipinski definition) is 6. The van der Waals surface area contributed by atoms with Crippen LogP contribution in [0.25, 0.3) is 0 Å². The van der Waals surface area contributed by atoms with Crippen LogP contribution in [-0.4, -0.2) is 78.4 Å². The molecule has 292 valence electrons. The average Bonchev–Trinajstić information content (AvgIpc) is 3.13.